The maximum Gasteiger partial charge on any atom is 0.0799 e. The maximum absolute atomic E-state index is 6.15. The van der Waals surface area contributed by atoms with Gasteiger partial charge < -0.3 is 4.74 Å². The number of hydrogen-bond donors (Lipinski definition) is 0. The molecule has 1 aromatic rings. The van der Waals surface area contributed by atoms with Crippen molar-refractivity contribution >= 4 is 27.5 Å². The predicted octanol–water partition coefficient (Wildman–Crippen LogP) is 2.94. The Morgan fingerprint density at radius 3 is 3.00 bits per heavy atom. The van der Waals surface area contributed by atoms with E-state index in [1.807, 2.05) is 18.2 Å². The minimum absolute atomic E-state index is 0.302. The molecule has 0 spiro atoms. The third-order valence-corrected chi connectivity index (χ3v) is 3.84. The first-order valence-corrected chi connectivity index (χ1v) is 6.93. The molecule has 1 aliphatic heterocycles. The van der Waals surface area contributed by atoms with Crippen molar-refractivity contribution in [3.63, 3.8) is 0 Å². The molecule has 16 heavy (non-hydrogen) atoms. The Hall–Kier alpha value is -0.0900. The van der Waals surface area contributed by atoms with E-state index in [4.69, 9.17) is 16.3 Å². The average Bonchev–Trinajstić information content (AvgIpc) is 2.32. The minimum atomic E-state index is 0.302. The summed E-state index contributed by atoms with van der Waals surface area (Å²) in [5.74, 6) is 0. The third-order valence-electron chi connectivity index (χ3n) is 2.75. The Morgan fingerprint density at radius 2 is 2.25 bits per heavy atom. The molecule has 0 radical (unpaired) electrons. The van der Waals surface area contributed by atoms with Crippen LogP contribution in [0.5, 0.6) is 0 Å². The Balaban J connectivity index is 1.97. The summed E-state index contributed by atoms with van der Waals surface area (Å²) in [4.78, 5) is 2.39. The normalized spacial score (nSPS) is 22.2. The Labute approximate surface area is 110 Å². The SMILES string of the molecule is Clc1ccccc1CN1CCOC(CBr)C1. The van der Waals surface area contributed by atoms with Crippen molar-refractivity contribution in [2.45, 2.75) is 12.6 Å². The highest BCUT2D eigenvalue weighted by molar-refractivity contribution is 9.09. The van der Waals surface area contributed by atoms with Crippen LogP contribution < -0.4 is 0 Å². The van der Waals surface area contributed by atoms with Gasteiger partial charge in [-0.1, -0.05) is 45.7 Å². The highest BCUT2D eigenvalue weighted by atomic mass is 79.9. The smallest absolute Gasteiger partial charge is 0.0799 e. The first-order valence-electron chi connectivity index (χ1n) is 5.43. The third kappa shape index (κ3) is 3.20. The molecule has 1 atom stereocenters. The van der Waals surface area contributed by atoms with E-state index in [1.165, 1.54) is 5.56 Å². The average molecular weight is 305 g/mol. The van der Waals surface area contributed by atoms with E-state index in [2.05, 4.69) is 26.9 Å². The van der Waals surface area contributed by atoms with Gasteiger partial charge in [-0.05, 0) is 11.6 Å². The summed E-state index contributed by atoms with van der Waals surface area (Å²) in [6.07, 6.45) is 0.302. The second-order valence-electron chi connectivity index (χ2n) is 3.97. The lowest BCUT2D eigenvalue weighted by molar-refractivity contribution is -0.0181. The number of rotatable bonds is 3. The number of halogens is 2. The van der Waals surface area contributed by atoms with E-state index in [0.717, 1.165) is 36.6 Å². The van der Waals surface area contributed by atoms with Crippen LogP contribution in [0.4, 0.5) is 0 Å². The number of hydrogen-bond acceptors (Lipinski definition) is 2. The number of morpholine rings is 1. The molecule has 1 fully saturated rings. The van der Waals surface area contributed by atoms with Gasteiger partial charge in [-0.15, -0.1) is 0 Å². The van der Waals surface area contributed by atoms with Gasteiger partial charge in [0.15, 0.2) is 0 Å². The van der Waals surface area contributed by atoms with Crippen LogP contribution in [0.25, 0.3) is 0 Å². The first kappa shape index (κ1) is 12.4. The summed E-state index contributed by atoms with van der Waals surface area (Å²) in [5, 5.41) is 1.75. The predicted molar refractivity (Wildman–Crippen MR) is 70.3 cm³/mol. The molecule has 1 heterocycles. The number of ether oxygens (including phenoxy) is 1. The summed E-state index contributed by atoms with van der Waals surface area (Å²) in [7, 11) is 0. The fourth-order valence-corrected chi connectivity index (χ4v) is 2.47. The van der Waals surface area contributed by atoms with Crippen LogP contribution in [-0.4, -0.2) is 36.0 Å². The fourth-order valence-electron chi connectivity index (χ4n) is 1.88. The Bertz CT molecular complexity index is 348. The molecule has 88 valence electrons. The topological polar surface area (TPSA) is 12.5 Å². The van der Waals surface area contributed by atoms with E-state index >= 15 is 0 Å². The number of benzene rings is 1. The van der Waals surface area contributed by atoms with Crippen molar-refractivity contribution in [3.05, 3.63) is 34.9 Å². The van der Waals surface area contributed by atoms with Gasteiger partial charge in [0.05, 0.1) is 12.7 Å². The second kappa shape index (κ2) is 6.01. The van der Waals surface area contributed by atoms with Crippen molar-refractivity contribution in [1.82, 2.24) is 4.90 Å². The Kier molecular flexibility index (Phi) is 4.65. The molecule has 0 N–H and O–H groups in total. The van der Waals surface area contributed by atoms with Crippen LogP contribution in [0.15, 0.2) is 24.3 Å². The van der Waals surface area contributed by atoms with Crippen LogP contribution in [0.2, 0.25) is 5.02 Å². The van der Waals surface area contributed by atoms with Crippen LogP contribution in [-0.2, 0) is 11.3 Å². The summed E-state index contributed by atoms with van der Waals surface area (Å²) < 4.78 is 5.60. The van der Waals surface area contributed by atoms with Gasteiger partial charge in [0.25, 0.3) is 0 Å². The van der Waals surface area contributed by atoms with E-state index < -0.39 is 0 Å². The zero-order chi connectivity index (χ0) is 11.4. The van der Waals surface area contributed by atoms with E-state index in [0.29, 0.717) is 6.10 Å². The zero-order valence-corrected chi connectivity index (χ0v) is 11.4. The van der Waals surface area contributed by atoms with E-state index in [1.54, 1.807) is 0 Å². The molecule has 2 nitrogen and oxygen atoms in total. The molecule has 2 rings (SSSR count). The lowest BCUT2D eigenvalue weighted by Crippen LogP contribution is -2.42. The molecule has 1 saturated heterocycles. The molecular formula is C12H15BrClNO. The molecule has 0 bridgehead atoms. The molecule has 0 saturated carbocycles. The van der Waals surface area contributed by atoms with Crippen molar-refractivity contribution in [1.29, 1.82) is 0 Å². The summed E-state index contributed by atoms with van der Waals surface area (Å²) in [5.41, 5.74) is 1.19. The largest absolute Gasteiger partial charge is 0.375 e. The van der Waals surface area contributed by atoms with E-state index in [9.17, 15) is 0 Å². The van der Waals surface area contributed by atoms with Crippen LogP contribution in [0.1, 0.15) is 5.56 Å². The number of alkyl halides is 1. The van der Waals surface area contributed by atoms with Gasteiger partial charge in [-0.3, -0.25) is 4.90 Å². The van der Waals surface area contributed by atoms with Crippen LogP contribution in [0, 0.1) is 0 Å². The van der Waals surface area contributed by atoms with E-state index in [-0.39, 0.29) is 0 Å². The van der Waals surface area contributed by atoms with Crippen LogP contribution >= 0.6 is 27.5 Å². The molecule has 1 aliphatic rings. The van der Waals surface area contributed by atoms with Gasteiger partial charge in [-0.2, -0.15) is 0 Å². The molecule has 1 unspecified atom stereocenters. The first-order chi connectivity index (χ1) is 7.79. The Morgan fingerprint density at radius 1 is 1.44 bits per heavy atom. The summed E-state index contributed by atoms with van der Waals surface area (Å²) >= 11 is 9.61. The fraction of sp³-hybridized carbons (Fsp3) is 0.500. The van der Waals surface area contributed by atoms with Gasteiger partial charge in [0.2, 0.25) is 0 Å². The van der Waals surface area contributed by atoms with Gasteiger partial charge in [0, 0.05) is 30.0 Å². The minimum Gasteiger partial charge on any atom is -0.375 e. The molecule has 0 aliphatic carbocycles. The maximum atomic E-state index is 6.15. The highest BCUT2D eigenvalue weighted by Crippen LogP contribution is 2.18. The highest BCUT2D eigenvalue weighted by Gasteiger charge is 2.19. The van der Waals surface area contributed by atoms with Crippen molar-refractivity contribution in [2.75, 3.05) is 25.0 Å². The quantitative estimate of drug-likeness (QED) is 0.796. The zero-order valence-electron chi connectivity index (χ0n) is 9.03. The summed E-state index contributed by atoms with van der Waals surface area (Å²) in [6.45, 7) is 3.67. The van der Waals surface area contributed by atoms with Crippen molar-refractivity contribution in [3.8, 4) is 0 Å². The van der Waals surface area contributed by atoms with Gasteiger partial charge >= 0.3 is 0 Å². The molecule has 0 aromatic heterocycles. The van der Waals surface area contributed by atoms with Crippen molar-refractivity contribution < 1.29 is 4.74 Å². The van der Waals surface area contributed by atoms with Gasteiger partial charge in [-0.25, -0.2) is 0 Å². The molecular weight excluding hydrogens is 289 g/mol. The van der Waals surface area contributed by atoms with Crippen LogP contribution in [0.3, 0.4) is 0 Å². The number of nitrogens with zero attached hydrogens (tertiary/aromatic N) is 1. The van der Waals surface area contributed by atoms with Gasteiger partial charge in [0.1, 0.15) is 0 Å². The molecule has 1 aromatic carbocycles. The monoisotopic (exact) mass is 303 g/mol. The second-order valence-corrected chi connectivity index (χ2v) is 5.03. The standard InChI is InChI=1S/C12H15BrClNO/c13-7-11-9-15(5-6-16-11)8-10-3-1-2-4-12(10)14/h1-4,11H,5-9H2. The molecule has 4 heteroatoms. The molecule has 0 amide bonds. The summed E-state index contributed by atoms with van der Waals surface area (Å²) in [6, 6.07) is 8.02. The lowest BCUT2D eigenvalue weighted by Gasteiger charge is -2.32. The van der Waals surface area contributed by atoms with Crippen molar-refractivity contribution in [2.24, 2.45) is 0 Å². The lowest BCUT2D eigenvalue weighted by atomic mass is 10.2.